The molecule has 0 atom stereocenters. The number of amides is 2. The molecule has 3 aromatic rings. The van der Waals surface area contributed by atoms with Crippen LogP contribution in [0.3, 0.4) is 0 Å². The van der Waals surface area contributed by atoms with Crippen molar-refractivity contribution in [1.29, 1.82) is 0 Å². The number of aromatic nitrogens is 1. The van der Waals surface area contributed by atoms with E-state index in [1.807, 2.05) is 43.3 Å². The van der Waals surface area contributed by atoms with Crippen LogP contribution >= 0.6 is 0 Å². The first-order valence-electron chi connectivity index (χ1n) is 12.2. The molecule has 1 aliphatic heterocycles. The van der Waals surface area contributed by atoms with E-state index in [1.165, 1.54) is 11.3 Å². The zero-order valence-corrected chi connectivity index (χ0v) is 19.6. The summed E-state index contributed by atoms with van der Waals surface area (Å²) in [7, 11) is 0. The number of nitrogens with two attached hydrogens (primary N) is 1. The summed E-state index contributed by atoms with van der Waals surface area (Å²) in [5, 5.41) is 0. The van der Waals surface area contributed by atoms with Gasteiger partial charge in [0.25, 0.3) is 0 Å². The van der Waals surface area contributed by atoms with Crippen LogP contribution in [-0.4, -0.2) is 35.7 Å². The van der Waals surface area contributed by atoms with Crippen molar-refractivity contribution in [2.24, 2.45) is 5.73 Å². The van der Waals surface area contributed by atoms with Crippen molar-refractivity contribution in [2.75, 3.05) is 24.7 Å². The molecule has 0 radical (unpaired) electrons. The van der Waals surface area contributed by atoms with Gasteiger partial charge in [0, 0.05) is 23.2 Å². The molecule has 2 N–H and O–H groups in total. The molecule has 5 nitrogen and oxygen atoms in total. The standard InChI is InChI=1S/C28H31FN4O/c1-2-16-32-19-24-25(33(17-15-29)27(32)34)18-23(20-7-4-3-5-8-20)26(31-24)21-9-11-22(12-10-21)28(30)13-6-14-28/h3-5,7-12,18H,2,6,13-17,19,30H2,1H3. The van der Waals surface area contributed by atoms with Gasteiger partial charge < -0.3 is 10.6 Å². The number of hydrogen-bond donors (Lipinski definition) is 1. The largest absolute Gasteiger partial charge is 0.324 e. The normalized spacial score (nSPS) is 16.9. The molecule has 0 saturated heterocycles. The van der Waals surface area contributed by atoms with Crippen LogP contribution in [-0.2, 0) is 12.1 Å². The lowest BCUT2D eigenvalue weighted by molar-refractivity contribution is 0.196. The van der Waals surface area contributed by atoms with Crippen molar-refractivity contribution in [1.82, 2.24) is 9.88 Å². The van der Waals surface area contributed by atoms with Crippen molar-refractivity contribution in [3.63, 3.8) is 0 Å². The number of pyridine rings is 1. The number of alkyl halides is 1. The van der Waals surface area contributed by atoms with E-state index in [4.69, 9.17) is 10.7 Å². The fraction of sp³-hybridized carbons (Fsp3) is 0.357. The number of nitrogens with zero attached hydrogens (tertiary/aromatic N) is 3. The molecule has 2 aromatic carbocycles. The number of carbonyl (C=O) groups excluding carboxylic acids is 1. The molecule has 1 fully saturated rings. The number of carbonyl (C=O) groups is 1. The van der Waals surface area contributed by atoms with Crippen molar-refractivity contribution in [3.8, 4) is 22.4 Å². The molecule has 1 aromatic heterocycles. The highest BCUT2D eigenvalue weighted by atomic mass is 19.1. The van der Waals surface area contributed by atoms with Crippen molar-refractivity contribution in [2.45, 2.75) is 44.7 Å². The molecular weight excluding hydrogens is 427 g/mol. The Labute approximate surface area is 200 Å². The van der Waals surface area contributed by atoms with Crippen LogP contribution in [0.2, 0.25) is 0 Å². The number of rotatable bonds is 7. The highest BCUT2D eigenvalue weighted by molar-refractivity contribution is 5.96. The van der Waals surface area contributed by atoms with Crippen LogP contribution in [0.4, 0.5) is 14.9 Å². The third kappa shape index (κ3) is 3.96. The summed E-state index contributed by atoms with van der Waals surface area (Å²) < 4.78 is 13.5. The monoisotopic (exact) mass is 458 g/mol. The van der Waals surface area contributed by atoms with E-state index < -0.39 is 6.67 Å². The average Bonchev–Trinajstić information content (AvgIpc) is 2.85. The van der Waals surface area contributed by atoms with E-state index >= 15 is 0 Å². The zero-order valence-electron chi connectivity index (χ0n) is 19.6. The first-order chi connectivity index (χ1) is 16.5. The van der Waals surface area contributed by atoms with Gasteiger partial charge >= 0.3 is 6.03 Å². The summed E-state index contributed by atoms with van der Waals surface area (Å²) >= 11 is 0. The van der Waals surface area contributed by atoms with Crippen LogP contribution in [0.1, 0.15) is 43.9 Å². The molecule has 2 amide bonds. The third-order valence-corrected chi connectivity index (χ3v) is 7.08. The molecule has 0 unspecified atom stereocenters. The van der Waals surface area contributed by atoms with Gasteiger partial charge in [-0.3, -0.25) is 4.90 Å². The van der Waals surface area contributed by atoms with Gasteiger partial charge in [0.15, 0.2) is 0 Å². The lowest BCUT2D eigenvalue weighted by Crippen LogP contribution is -2.48. The molecule has 176 valence electrons. The van der Waals surface area contributed by atoms with Crippen LogP contribution < -0.4 is 10.6 Å². The molecule has 5 rings (SSSR count). The fourth-order valence-corrected chi connectivity index (χ4v) is 5.02. The number of urea groups is 1. The quantitative estimate of drug-likeness (QED) is 0.481. The molecular formula is C28H31FN4O. The van der Waals surface area contributed by atoms with Gasteiger partial charge in [-0.25, -0.2) is 14.2 Å². The second-order valence-electron chi connectivity index (χ2n) is 9.35. The molecule has 2 aliphatic rings. The second-order valence-corrected chi connectivity index (χ2v) is 9.35. The van der Waals surface area contributed by atoms with Gasteiger partial charge in [0.1, 0.15) is 6.67 Å². The summed E-state index contributed by atoms with van der Waals surface area (Å²) in [5.74, 6) is 0. The van der Waals surface area contributed by atoms with E-state index in [0.717, 1.165) is 52.9 Å². The maximum absolute atomic E-state index is 13.5. The third-order valence-electron chi connectivity index (χ3n) is 7.08. The number of benzene rings is 2. The molecule has 2 heterocycles. The highest BCUT2D eigenvalue weighted by Gasteiger charge is 2.35. The number of hydrogen-bond acceptors (Lipinski definition) is 3. The predicted molar refractivity (Wildman–Crippen MR) is 134 cm³/mol. The van der Waals surface area contributed by atoms with Gasteiger partial charge in [0.2, 0.25) is 0 Å². The summed E-state index contributed by atoms with van der Waals surface area (Å²) in [6.07, 6.45) is 4.04. The van der Waals surface area contributed by atoms with E-state index in [0.29, 0.717) is 18.8 Å². The molecule has 1 saturated carbocycles. The Kier molecular flexibility index (Phi) is 6.09. The fourth-order valence-electron chi connectivity index (χ4n) is 5.02. The minimum atomic E-state index is -0.601. The zero-order chi connectivity index (χ0) is 23.7. The lowest BCUT2D eigenvalue weighted by atomic mass is 9.72. The van der Waals surface area contributed by atoms with Crippen molar-refractivity contribution in [3.05, 3.63) is 71.9 Å². The lowest BCUT2D eigenvalue weighted by Gasteiger charge is -2.38. The first-order valence-corrected chi connectivity index (χ1v) is 12.2. The Hall–Kier alpha value is -3.25. The average molecular weight is 459 g/mol. The molecule has 6 heteroatoms. The van der Waals surface area contributed by atoms with Crippen LogP contribution in [0, 0.1) is 0 Å². The minimum absolute atomic E-state index is 0.0224. The van der Waals surface area contributed by atoms with E-state index in [2.05, 4.69) is 24.3 Å². The van der Waals surface area contributed by atoms with Crippen molar-refractivity contribution < 1.29 is 9.18 Å². The SMILES string of the molecule is CCCN1Cc2nc(-c3ccc(C4(N)CCC4)cc3)c(-c3ccccc3)cc2N(CCF)C1=O. The van der Waals surface area contributed by atoms with Gasteiger partial charge in [-0.05, 0) is 42.9 Å². The highest BCUT2D eigenvalue weighted by Crippen LogP contribution is 2.41. The van der Waals surface area contributed by atoms with Gasteiger partial charge in [0.05, 0.1) is 30.2 Å². The first kappa shape index (κ1) is 22.5. The summed E-state index contributed by atoms with van der Waals surface area (Å²) in [4.78, 5) is 21.5. The predicted octanol–water partition coefficient (Wildman–Crippen LogP) is 5.88. The topological polar surface area (TPSA) is 62.5 Å². The smallest absolute Gasteiger partial charge is 0.321 e. The van der Waals surface area contributed by atoms with Gasteiger partial charge in [-0.1, -0.05) is 61.5 Å². The Morgan fingerprint density at radius 3 is 2.38 bits per heavy atom. The Morgan fingerprint density at radius 1 is 1.03 bits per heavy atom. The number of anilines is 1. The van der Waals surface area contributed by atoms with Crippen LogP contribution in [0.15, 0.2) is 60.7 Å². The second kappa shape index (κ2) is 9.18. The maximum Gasteiger partial charge on any atom is 0.324 e. The van der Waals surface area contributed by atoms with Gasteiger partial charge in [-0.15, -0.1) is 0 Å². The summed E-state index contributed by atoms with van der Waals surface area (Å²) in [6, 6.07) is 20.3. The molecule has 34 heavy (non-hydrogen) atoms. The van der Waals surface area contributed by atoms with Crippen LogP contribution in [0.5, 0.6) is 0 Å². The van der Waals surface area contributed by atoms with E-state index in [9.17, 15) is 9.18 Å². The Balaban J connectivity index is 1.64. The molecule has 0 bridgehead atoms. The summed E-state index contributed by atoms with van der Waals surface area (Å²) in [5.41, 5.74) is 12.8. The summed E-state index contributed by atoms with van der Waals surface area (Å²) in [6.45, 7) is 2.50. The van der Waals surface area contributed by atoms with Crippen LogP contribution in [0.25, 0.3) is 22.4 Å². The number of halogens is 1. The maximum atomic E-state index is 13.5. The van der Waals surface area contributed by atoms with E-state index in [1.54, 1.807) is 4.90 Å². The Bertz CT molecular complexity index is 1180. The minimum Gasteiger partial charge on any atom is -0.321 e. The molecule has 0 spiro atoms. The number of fused-ring (bicyclic) bond motifs is 1. The van der Waals surface area contributed by atoms with Gasteiger partial charge in [-0.2, -0.15) is 0 Å². The molecule has 1 aliphatic carbocycles. The van der Waals surface area contributed by atoms with Crippen molar-refractivity contribution >= 4 is 11.7 Å². The van der Waals surface area contributed by atoms with E-state index in [-0.39, 0.29) is 18.1 Å². The Morgan fingerprint density at radius 2 is 1.76 bits per heavy atom.